The van der Waals surface area contributed by atoms with Crippen LogP contribution in [0.3, 0.4) is 0 Å². The highest BCUT2D eigenvalue weighted by atomic mass is 16.4. The molecule has 6 nitrogen and oxygen atoms in total. The molecule has 3 N–H and O–H groups in total. The van der Waals surface area contributed by atoms with E-state index in [1.165, 1.54) is 6.21 Å². The lowest BCUT2D eigenvalue weighted by Crippen LogP contribution is -2.07. The molecule has 0 saturated carbocycles. The molecule has 0 amide bonds. The second-order valence-corrected chi connectivity index (χ2v) is 4.58. The van der Waals surface area contributed by atoms with E-state index in [-0.39, 0.29) is 22.3 Å². The van der Waals surface area contributed by atoms with Crippen LogP contribution in [0.5, 0.6) is 17.2 Å². The van der Waals surface area contributed by atoms with Crippen molar-refractivity contribution < 1.29 is 19.7 Å². The maximum Gasteiger partial charge on any atom is 0.348 e. The van der Waals surface area contributed by atoms with E-state index in [1.807, 2.05) is 6.07 Å². The minimum atomic E-state index is -0.824. The number of phenols is 2. The molecular weight excluding hydrogens is 286 g/mol. The van der Waals surface area contributed by atoms with Gasteiger partial charge in [-0.2, -0.15) is 0 Å². The summed E-state index contributed by atoms with van der Waals surface area (Å²) in [4.78, 5) is 16.0. The first-order chi connectivity index (χ1) is 10.6. The Bertz CT molecular complexity index is 929. The minimum absolute atomic E-state index is 0.0630. The lowest BCUT2D eigenvalue weighted by molar-refractivity contribution is 0.439. The number of para-hydroxylation sites is 1. The first kappa shape index (κ1) is 13.7. The number of benzene rings is 2. The summed E-state index contributed by atoms with van der Waals surface area (Å²) in [7, 11) is 0. The second kappa shape index (κ2) is 5.25. The third-order valence-corrected chi connectivity index (χ3v) is 3.08. The van der Waals surface area contributed by atoms with Crippen molar-refractivity contribution in [3.63, 3.8) is 0 Å². The largest absolute Gasteiger partial charge is 0.508 e. The molecule has 1 heterocycles. The topological polar surface area (TPSA) is 103 Å². The Labute approximate surface area is 124 Å². The standard InChI is InChI=1S/C16H11NO5/c18-10-6-12(19)14-13(7-10)22-16(21)11(15(14)20)8-17-9-4-2-1-3-5-9/h1-8,18-20H. The zero-order valence-electron chi connectivity index (χ0n) is 11.2. The number of aliphatic imine (C=N–C) groups is 1. The predicted molar refractivity (Wildman–Crippen MR) is 81.2 cm³/mol. The van der Waals surface area contributed by atoms with Gasteiger partial charge in [0.2, 0.25) is 0 Å². The monoisotopic (exact) mass is 297 g/mol. The van der Waals surface area contributed by atoms with Crippen molar-refractivity contribution in [2.75, 3.05) is 0 Å². The molecule has 0 unspecified atom stereocenters. The third-order valence-electron chi connectivity index (χ3n) is 3.08. The molecule has 0 aliphatic rings. The van der Waals surface area contributed by atoms with Crippen LogP contribution in [-0.4, -0.2) is 21.5 Å². The molecule has 0 atom stereocenters. The number of fused-ring (bicyclic) bond motifs is 1. The Balaban J connectivity index is 2.19. The van der Waals surface area contributed by atoms with Crippen LogP contribution in [0.25, 0.3) is 11.0 Å². The Hall–Kier alpha value is -3.28. The van der Waals surface area contributed by atoms with Crippen LogP contribution >= 0.6 is 0 Å². The summed E-state index contributed by atoms with van der Waals surface area (Å²) in [5, 5.41) is 29.3. The predicted octanol–water partition coefficient (Wildman–Crippen LogP) is 2.66. The summed E-state index contributed by atoms with van der Waals surface area (Å²) in [5.74, 6) is -1.13. The van der Waals surface area contributed by atoms with Crippen molar-refractivity contribution in [1.29, 1.82) is 0 Å². The van der Waals surface area contributed by atoms with Crippen molar-refractivity contribution in [2.45, 2.75) is 0 Å². The molecular formula is C16H11NO5. The Morgan fingerprint density at radius 1 is 1.05 bits per heavy atom. The molecule has 2 aromatic carbocycles. The lowest BCUT2D eigenvalue weighted by Gasteiger charge is -2.05. The summed E-state index contributed by atoms with van der Waals surface area (Å²) in [6.45, 7) is 0. The van der Waals surface area contributed by atoms with E-state index in [0.717, 1.165) is 12.1 Å². The van der Waals surface area contributed by atoms with E-state index >= 15 is 0 Å². The van der Waals surface area contributed by atoms with E-state index in [9.17, 15) is 20.1 Å². The maximum atomic E-state index is 11.9. The van der Waals surface area contributed by atoms with Gasteiger partial charge in [0.15, 0.2) is 0 Å². The number of hydrogen-bond acceptors (Lipinski definition) is 6. The lowest BCUT2D eigenvalue weighted by atomic mass is 10.1. The highest BCUT2D eigenvalue weighted by molar-refractivity contribution is 5.97. The number of aromatic hydroxyl groups is 3. The molecule has 1 aromatic heterocycles. The zero-order valence-corrected chi connectivity index (χ0v) is 11.2. The van der Waals surface area contributed by atoms with Gasteiger partial charge in [-0.25, -0.2) is 4.79 Å². The van der Waals surface area contributed by atoms with Gasteiger partial charge in [0.25, 0.3) is 0 Å². The second-order valence-electron chi connectivity index (χ2n) is 4.58. The van der Waals surface area contributed by atoms with Gasteiger partial charge in [0, 0.05) is 18.3 Å². The molecule has 3 rings (SSSR count). The fourth-order valence-corrected chi connectivity index (χ4v) is 2.06. The van der Waals surface area contributed by atoms with Crippen molar-refractivity contribution in [1.82, 2.24) is 0 Å². The number of nitrogens with zero attached hydrogens (tertiary/aromatic N) is 1. The van der Waals surface area contributed by atoms with Gasteiger partial charge in [-0.3, -0.25) is 4.99 Å². The molecule has 3 aromatic rings. The molecule has 0 spiro atoms. The smallest absolute Gasteiger partial charge is 0.348 e. The number of rotatable bonds is 2. The van der Waals surface area contributed by atoms with Crippen LogP contribution in [0.2, 0.25) is 0 Å². The number of hydrogen-bond donors (Lipinski definition) is 3. The van der Waals surface area contributed by atoms with E-state index in [1.54, 1.807) is 24.3 Å². The fourth-order valence-electron chi connectivity index (χ4n) is 2.06. The van der Waals surface area contributed by atoms with Crippen molar-refractivity contribution in [3.05, 3.63) is 58.4 Å². The first-order valence-corrected chi connectivity index (χ1v) is 6.37. The van der Waals surface area contributed by atoms with Gasteiger partial charge in [-0.05, 0) is 12.1 Å². The van der Waals surface area contributed by atoms with Crippen LogP contribution in [0.1, 0.15) is 5.56 Å². The van der Waals surface area contributed by atoms with Gasteiger partial charge >= 0.3 is 5.63 Å². The summed E-state index contributed by atoms with van der Waals surface area (Å²) < 4.78 is 5.00. The van der Waals surface area contributed by atoms with Crippen molar-refractivity contribution in [3.8, 4) is 17.2 Å². The molecule has 22 heavy (non-hydrogen) atoms. The van der Waals surface area contributed by atoms with E-state index in [2.05, 4.69) is 4.99 Å². The SMILES string of the molecule is O=c1oc2cc(O)cc(O)c2c(O)c1C=Nc1ccccc1. The van der Waals surface area contributed by atoms with Gasteiger partial charge in [0.05, 0.1) is 5.69 Å². The summed E-state index contributed by atoms with van der Waals surface area (Å²) in [5.41, 5.74) is -0.528. The average molecular weight is 297 g/mol. The quantitative estimate of drug-likeness (QED) is 0.498. The Morgan fingerprint density at radius 3 is 2.50 bits per heavy atom. The normalized spacial score (nSPS) is 11.3. The molecule has 0 saturated heterocycles. The molecule has 0 aliphatic carbocycles. The molecule has 6 heteroatoms. The molecule has 0 radical (unpaired) electrons. The van der Waals surface area contributed by atoms with E-state index in [4.69, 9.17) is 4.42 Å². The van der Waals surface area contributed by atoms with Crippen molar-refractivity contribution in [2.24, 2.45) is 4.99 Å². The average Bonchev–Trinajstić information content (AvgIpc) is 2.47. The third kappa shape index (κ3) is 2.37. The summed E-state index contributed by atoms with van der Waals surface area (Å²) in [6.07, 6.45) is 1.17. The zero-order chi connectivity index (χ0) is 15.7. The highest BCUT2D eigenvalue weighted by Crippen LogP contribution is 2.36. The summed E-state index contributed by atoms with van der Waals surface area (Å²) in [6, 6.07) is 11.0. The fraction of sp³-hybridized carbons (Fsp3) is 0. The van der Waals surface area contributed by atoms with Crippen LogP contribution in [0.4, 0.5) is 5.69 Å². The van der Waals surface area contributed by atoms with Crippen LogP contribution in [0.15, 0.2) is 56.7 Å². The maximum absolute atomic E-state index is 11.9. The molecule has 0 aliphatic heterocycles. The Morgan fingerprint density at radius 2 is 1.77 bits per heavy atom. The van der Waals surface area contributed by atoms with E-state index < -0.39 is 17.1 Å². The van der Waals surface area contributed by atoms with Crippen molar-refractivity contribution >= 4 is 22.9 Å². The van der Waals surface area contributed by atoms with Gasteiger partial charge < -0.3 is 19.7 Å². The van der Waals surface area contributed by atoms with Crippen LogP contribution < -0.4 is 5.63 Å². The molecule has 110 valence electrons. The number of phenolic OH excluding ortho intramolecular Hbond substituents is 2. The molecule has 0 fully saturated rings. The first-order valence-electron chi connectivity index (χ1n) is 6.37. The summed E-state index contributed by atoms with van der Waals surface area (Å²) >= 11 is 0. The van der Waals surface area contributed by atoms with Crippen LogP contribution in [0, 0.1) is 0 Å². The minimum Gasteiger partial charge on any atom is -0.508 e. The van der Waals surface area contributed by atoms with Gasteiger partial charge in [-0.1, -0.05) is 18.2 Å². The van der Waals surface area contributed by atoms with Gasteiger partial charge in [-0.15, -0.1) is 0 Å². The highest BCUT2D eigenvalue weighted by Gasteiger charge is 2.16. The molecule has 0 bridgehead atoms. The van der Waals surface area contributed by atoms with Gasteiger partial charge in [0.1, 0.15) is 33.8 Å². The Kier molecular flexibility index (Phi) is 3.27. The van der Waals surface area contributed by atoms with E-state index in [0.29, 0.717) is 5.69 Å². The van der Waals surface area contributed by atoms with Crippen LogP contribution in [-0.2, 0) is 0 Å².